The molecule has 1 N–H and O–H groups in total. The Morgan fingerprint density at radius 2 is 1.96 bits per heavy atom. The molecule has 0 spiro atoms. The van der Waals surface area contributed by atoms with Crippen LogP contribution in [0.2, 0.25) is 5.02 Å². The summed E-state index contributed by atoms with van der Waals surface area (Å²) in [6.45, 7) is 6.35. The van der Waals surface area contributed by atoms with Gasteiger partial charge in [0.15, 0.2) is 11.6 Å². The second kappa shape index (κ2) is 6.10. The largest absolute Gasteiger partial charge is 0.505 e. The standard InChI is InChI=1S/C19H20ClFN2O/c1-19(2,3)18-11-16(12-7-8-15(21)17(24)9-12)23(22-18)14-6-4-5-13(20)10-14/h4-10,16,24H,11H2,1-3H3. The van der Waals surface area contributed by atoms with Gasteiger partial charge in [0.25, 0.3) is 0 Å². The van der Waals surface area contributed by atoms with Crippen molar-refractivity contribution in [2.45, 2.75) is 33.2 Å². The first-order valence-corrected chi connectivity index (χ1v) is 8.24. The smallest absolute Gasteiger partial charge is 0.164 e. The molecule has 0 amide bonds. The third-order valence-corrected chi connectivity index (χ3v) is 4.44. The molecule has 1 unspecified atom stereocenters. The van der Waals surface area contributed by atoms with Crippen LogP contribution in [0.25, 0.3) is 0 Å². The highest BCUT2D eigenvalue weighted by atomic mass is 35.5. The van der Waals surface area contributed by atoms with E-state index in [4.69, 9.17) is 16.7 Å². The van der Waals surface area contributed by atoms with Crippen LogP contribution in [0.15, 0.2) is 47.6 Å². The number of phenols is 1. The lowest BCUT2D eigenvalue weighted by atomic mass is 9.86. The number of hydrazone groups is 1. The second-order valence-corrected chi connectivity index (χ2v) is 7.49. The fraction of sp³-hybridized carbons (Fsp3) is 0.316. The van der Waals surface area contributed by atoms with Gasteiger partial charge >= 0.3 is 0 Å². The van der Waals surface area contributed by atoms with Gasteiger partial charge in [-0.1, -0.05) is 44.5 Å². The number of anilines is 1. The summed E-state index contributed by atoms with van der Waals surface area (Å²) >= 11 is 6.12. The van der Waals surface area contributed by atoms with Crippen molar-refractivity contribution in [1.29, 1.82) is 0 Å². The SMILES string of the molecule is CC(C)(C)C1=NN(c2cccc(Cl)c2)C(c2ccc(F)c(O)c2)C1. The maximum atomic E-state index is 13.4. The zero-order chi connectivity index (χ0) is 17.5. The van der Waals surface area contributed by atoms with E-state index < -0.39 is 5.82 Å². The minimum absolute atomic E-state index is 0.0757. The minimum atomic E-state index is -0.622. The van der Waals surface area contributed by atoms with Crippen LogP contribution in [-0.2, 0) is 0 Å². The molecule has 5 heteroatoms. The normalized spacial score (nSPS) is 18.0. The molecule has 1 aliphatic rings. The predicted molar refractivity (Wildman–Crippen MR) is 96.2 cm³/mol. The fourth-order valence-corrected chi connectivity index (χ4v) is 3.00. The van der Waals surface area contributed by atoms with Crippen LogP contribution in [0.5, 0.6) is 5.75 Å². The minimum Gasteiger partial charge on any atom is -0.505 e. The molecule has 1 atom stereocenters. The van der Waals surface area contributed by atoms with Crippen LogP contribution in [0.4, 0.5) is 10.1 Å². The van der Waals surface area contributed by atoms with Crippen molar-refractivity contribution in [1.82, 2.24) is 0 Å². The number of aromatic hydroxyl groups is 1. The van der Waals surface area contributed by atoms with Crippen LogP contribution in [0.3, 0.4) is 0 Å². The molecule has 0 aliphatic carbocycles. The van der Waals surface area contributed by atoms with Gasteiger partial charge in [-0.3, -0.25) is 5.01 Å². The Labute approximate surface area is 146 Å². The zero-order valence-corrected chi connectivity index (χ0v) is 14.7. The highest BCUT2D eigenvalue weighted by Gasteiger charge is 2.34. The van der Waals surface area contributed by atoms with E-state index >= 15 is 0 Å². The molecule has 0 aromatic heterocycles. The Morgan fingerprint density at radius 1 is 1.21 bits per heavy atom. The van der Waals surface area contributed by atoms with Crippen LogP contribution < -0.4 is 5.01 Å². The summed E-state index contributed by atoms with van der Waals surface area (Å²) in [6.07, 6.45) is 0.709. The van der Waals surface area contributed by atoms with Crippen LogP contribution in [0, 0.1) is 11.2 Å². The number of phenolic OH excluding ortho intramolecular Hbond substituents is 1. The summed E-state index contributed by atoms with van der Waals surface area (Å²) in [6, 6.07) is 11.8. The number of hydrogen-bond donors (Lipinski definition) is 1. The summed E-state index contributed by atoms with van der Waals surface area (Å²) in [5.41, 5.74) is 2.66. The van der Waals surface area contributed by atoms with Gasteiger partial charge in [-0.2, -0.15) is 5.10 Å². The van der Waals surface area contributed by atoms with Crippen LogP contribution >= 0.6 is 11.6 Å². The predicted octanol–water partition coefficient (Wildman–Crippen LogP) is 5.54. The first-order chi connectivity index (χ1) is 11.3. The van der Waals surface area contributed by atoms with Crippen molar-refractivity contribution in [3.63, 3.8) is 0 Å². The van der Waals surface area contributed by atoms with Gasteiger partial charge in [0.2, 0.25) is 0 Å². The van der Waals surface area contributed by atoms with Crippen molar-refractivity contribution < 1.29 is 9.50 Å². The number of rotatable bonds is 2. The average Bonchev–Trinajstić information content (AvgIpc) is 2.95. The summed E-state index contributed by atoms with van der Waals surface area (Å²) in [5, 5.41) is 17.1. The maximum absolute atomic E-state index is 13.4. The van der Waals surface area contributed by atoms with E-state index in [1.54, 1.807) is 6.07 Å². The van der Waals surface area contributed by atoms with E-state index in [9.17, 15) is 9.50 Å². The quantitative estimate of drug-likeness (QED) is 0.775. The molecule has 1 aliphatic heterocycles. The Morgan fingerprint density at radius 3 is 2.58 bits per heavy atom. The van der Waals surface area contributed by atoms with Crippen LogP contribution in [0.1, 0.15) is 38.8 Å². The van der Waals surface area contributed by atoms with Crippen molar-refractivity contribution >= 4 is 23.0 Å². The Hall–Kier alpha value is -2.07. The van der Waals surface area contributed by atoms with Crippen molar-refractivity contribution in [2.75, 3.05) is 5.01 Å². The van der Waals surface area contributed by atoms with Gasteiger partial charge in [0, 0.05) is 22.6 Å². The number of nitrogens with zero attached hydrogens (tertiary/aromatic N) is 2. The molecule has 0 saturated heterocycles. The molecule has 126 valence electrons. The zero-order valence-electron chi connectivity index (χ0n) is 13.9. The molecular formula is C19H20ClFN2O. The number of halogens is 2. The molecule has 1 heterocycles. The third-order valence-electron chi connectivity index (χ3n) is 4.20. The Balaban J connectivity index is 2.05. The van der Waals surface area contributed by atoms with Gasteiger partial charge in [-0.05, 0) is 35.9 Å². The Bertz CT molecular complexity index is 798. The molecule has 0 bridgehead atoms. The van der Waals surface area contributed by atoms with Crippen molar-refractivity contribution in [3.05, 3.63) is 58.9 Å². The van der Waals surface area contributed by atoms with Gasteiger partial charge in [-0.25, -0.2) is 4.39 Å². The first kappa shape index (κ1) is 16.8. The molecule has 2 aromatic carbocycles. The van der Waals surface area contributed by atoms with Crippen molar-refractivity contribution in [3.8, 4) is 5.75 Å². The molecule has 2 aromatic rings. The Kier molecular flexibility index (Phi) is 4.26. The van der Waals surface area contributed by atoms with Crippen molar-refractivity contribution in [2.24, 2.45) is 10.5 Å². The lowest BCUT2D eigenvalue weighted by Crippen LogP contribution is -2.19. The monoisotopic (exact) mass is 346 g/mol. The van der Waals surface area contributed by atoms with E-state index in [-0.39, 0.29) is 17.2 Å². The summed E-state index contributed by atoms with van der Waals surface area (Å²) in [4.78, 5) is 0. The summed E-state index contributed by atoms with van der Waals surface area (Å²) in [7, 11) is 0. The average molecular weight is 347 g/mol. The van der Waals surface area contributed by atoms with E-state index in [0.717, 1.165) is 17.0 Å². The highest BCUT2D eigenvalue weighted by molar-refractivity contribution is 6.30. The van der Waals surface area contributed by atoms with Gasteiger partial charge in [-0.15, -0.1) is 0 Å². The fourth-order valence-electron chi connectivity index (χ4n) is 2.82. The third kappa shape index (κ3) is 3.24. The molecule has 3 nitrogen and oxygen atoms in total. The van der Waals surface area contributed by atoms with Gasteiger partial charge in [0.05, 0.1) is 11.7 Å². The number of benzene rings is 2. The van der Waals surface area contributed by atoms with E-state index in [2.05, 4.69) is 20.8 Å². The van der Waals surface area contributed by atoms with Crippen LogP contribution in [-0.4, -0.2) is 10.8 Å². The molecule has 24 heavy (non-hydrogen) atoms. The van der Waals surface area contributed by atoms with Gasteiger partial charge < -0.3 is 5.11 Å². The van der Waals surface area contributed by atoms with Gasteiger partial charge in [0.1, 0.15) is 0 Å². The lowest BCUT2D eigenvalue weighted by Gasteiger charge is -2.24. The lowest BCUT2D eigenvalue weighted by molar-refractivity contribution is 0.430. The molecule has 0 radical (unpaired) electrons. The molecule has 3 rings (SSSR count). The van der Waals surface area contributed by atoms with E-state index in [1.807, 2.05) is 29.3 Å². The highest BCUT2D eigenvalue weighted by Crippen LogP contribution is 2.40. The van der Waals surface area contributed by atoms with E-state index in [0.29, 0.717) is 11.4 Å². The second-order valence-electron chi connectivity index (χ2n) is 7.05. The molecule has 0 saturated carbocycles. The summed E-state index contributed by atoms with van der Waals surface area (Å²) < 4.78 is 13.4. The topological polar surface area (TPSA) is 35.8 Å². The number of hydrogen-bond acceptors (Lipinski definition) is 3. The molecule has 0 fully saturated rings. The summed E-state index contributed by atoms with van der Waals surface area (Å²) in [5.74, 6) is -0.967. The molecular weight excluding hydrogens is 327 g/mol. The maximum Gasteiger partial charge on any atom is 0.164 e. The van der Waals surface area contributed by atoms with E-state index in [1.165, 1.54) is 12.1 Å². The first-order valence-electron chi connectivity index (χ1n) is 7.87.